The molecule has 1 amide bonds. The van der Waals surface area contributed by atoms with E-state index in [0.717, 1.165) is 12.0 Å². The third kappa shape index (κ3) is 6.55. The zero-order valence-corrected chi connectivity index (χ0v) is 17.0. The van der Waals surface area contributed by atoms with Gasteiger partial charge in [-0.2, -0.15) is 0 Å². The normalized spacial score (nSPS) is 12.4. The molecule has 0 fully saturated rings. The minimum atomic E-state index is -0.770. The molecular weight excluding hydrogens is 376 g/mol. The van der Waals surface area contributed by atoms with Crippen LogP contribution in [-0.2, 0) is 6.42 Å². The van der Waals surface area contributed by atoms with Gasteiger partial charge in [0.05, 0.1) is 6.54 Å². The van der Waals surface area contributed by atoms with Gasteiger partial charge >= 0.3 is 0 Å². The molecule has 0 saturated carbocycles. The number of hydrogen-bond acceptors (Lipinski definition) is 3. The maximum absolute atomic E-state index is 11.7. The number of rotatable bonds is 8. The molecule has 0 aliphatic rings. The second-order valence-electron chi connectivity index (χ2n) is 6.21. The van der Waals surface area contributed by atoms with Crippen LogP contribution in [0.3, 0.4) is 0 Å². The first-order chi connectivity index (χ1) is 13.5. The van der Waals surface area contributed by atoms with E-state index < -0.39 is 6.10 Å². The molecule has 1 atom stereocenters. The van der Waals surface area contributed by atoms with Gasteiger partial charge in [-0.1, -0.05) is 41.9 Å². The number of carbonyl (C=O) groups is 1. The summed E-state index contributed by atoms with van der Waals surface area (Å²) in [4.78, 5) is 16.2. The predicted octanol–water partition coefficient (Wildman–Crippen LogP) is 2.53. The number of hydrogen-bond donors (Lipinski definition) is 4. The Bertz CT molecular complexity index is 810. The lowest BCUT2D eigenvalue weighted by atomic mass is 10.1. The lowest BCUT2D eigenvalue weighted by molar-refractivity contribution is 0.0963. The van der Waals surface area contributed by atoms with Gasteiger partial charge < -0.3 is 21.1 Å². The van der Waals surface area contributed by atoms with E-state index in [1.54, 1.807) is 25.2 Å². The van der Waals surface area contributed by atoms with Crippen LogP contribution in [0.2, 0.25) is 5.02 Å². The summed E-state index contributed by atoms with van der Waals surface area (Å²) in [5, 5.41) is 19.9. The Balaban J connectivity index is 1.93. The van der Waals surface area contributed by atoms with Crippen LogP contribution in [0.25, 0.3) is 0 Å². The maximum Gasteiger partial charge on any atom is 0.251 e. The molecular formula is C21H27ClN4O2. The molecule has 4 N–H and O–H groups in total. The molecule has 150 valence electrons. The Morgan fingerprint density at radius 1 is 1.18 bits per heavy atom. The highest BCUT2D eigenvalue weighted by Crippen LogP contribution is 2.22. The average molecular weight is 403 g/mol. The number of benzene rings is 2. The summed E-state index contributed by atoms with van der Waals surface area (Å²) in [5.74, 6) is 0.523. The fourth-order valence-electron chi connectivity index (χ4n) is 2.70. The summed E-state index contributed by atoms with van der Waals surface area (Å²) < 4.78 is 0. The highest BCUT2D eigenvalue weighted by atomic mass is 35.5. The minimum Gasteiger partial charge on any atom is -0.386 e. The molecule has 28 heavy (non-hydrogen) atoms. The van der Waals surface area contributed by atoms with Gasteiger partial charge in [0, 0.05) is 36.3 Å². The Hall–Kier alpha value is -2.57. The van der Waals surface area contributed by atoms with E-state index in [2.05, 4.69) is 20.9 Å². The molecule has 0 heterocycles. The maximum atomic E-state index is 11.7. The summed E-state index contributed by atoms with van der Waals surface area (Å²) in [5.41, 5.74) is 2.36. The van der Waals surface area contributed by atoms with E-state index in [4.69, 9.17) is 11.6 Å². The molecule has 2 aromatic carbocycles. The zero-order valence-electron chi connectivity index (χ0n) is 16.2. The molecule has 0 aliphatic heterocycles. The van der Waals surface area contributed by atoms with Gasteiger partial charge in [-0.3, -0.25) is 9.79 Å². The fraction of sp³-hybridized carbons (Fsp3) is 0.333. The number of guanidine groups is 1. The highest BCUT2D eigenvalue weighted by molar-refractivity contribution is 6.31. The molecule has 1 unspecified atom stereocenters. The van der Waals surface area contributed by atoms with Crippen molar-refractivity contribution in [1.82, 2.24) is 16.0 Å². The van der Waals surface area contributed by atoms with Crippen LogP contribution >= 0.6 is 11.6 Å². The Labute approximate surface area is 171 Å². The third-order valence-corrected chi connectivity index (χ3v) is 4.50. The molecule has 0 aromatic heterocycles. The van der Waals surface area contributed by atoms with Crippen molar-refractivity contribution < 1.29 is 9.90 Å². The van der Waals surface area contributed by atoms with E-state index >= 15 is 0 Å². The van der Waals surface area contributed by atoms with Crippen LogP contribution < -0.4 is 16.0 Å². The van der Waals surface area contributed by atoms with Crippen molar-refractivity contribution in [2.45, 2.75) is 19.4 Å². The summed E-state index contributed by atoms with van der Waals surface area (Å²) in [6.45, 7) is 3.53. The van der Waals surface area contributed by atoms with E-state index in [1.165, 1.54) is 0 Å². The first kappa shape index (κ1) is 21.7. The van der Waals surface area contributed by atoms with Gasteiger partial charge in [0.15, 0.2) is 5.96 Å². The summed E-state index contributed by atoms with van der Waals surface area (Å²) in [6, 6.07) is 14.7. The number of aliphatic hydroxyl groups is 1. The smallest absolute Gasteiger partial charge is 0.251 e. The van der Waals surface area contributed by atoms with Gasteiger partial charge in [-0.15, -0.1) is 0 Å². The van der Waals surface area contributed by atoms with Gasteiger partial charge in [0.1, 0.15) is 6.10 Å². The van der Waals surface area contributed by atoms with Crippen molar-refractivity contribution in [1.29, 1.82) is 0 Å². The van der Waals surface area contributed by atoms with Gasteiger partial charge in [0.25, 0.3) is 5.91 Å². The number of halogens is 1. The van der Waals surface area contributed by atoms with E-state index in [-0.39, 0.29) is 12.5 Å². The average Bonchev–Trinajstić information content (AvgIpc) is 2.71. The second kappa shape index (κ2) is 11.3. The van der Waals surface area contributed by atoms with Crippen LogP contribution in [0, 0.1) is 0 Å². The van der Waals surface area contributed by atoms with Crippen molar-refractivity contribution in [3.05, 3.63) is 70.2 Å². The molecule has 2 aromatic rings. The van der Waals surface area contributed by atoms with Gasteiger partial charge in [-0.05, 0) is 37.1 Å². The van der Waals surface area contributed by atoms with E-state index in [1.807, 2.05) is 37.3 Å². The molecule has 0 spiro atoms. The lowest BCUT2D eigenvalue weighted by Gasteiger charge is -2.14. The molecule has 0 aliphatic carbocycles. The number of aliphatic hydroxyl groups excluding tert-OH is 1. The molecule has 0 saturated heterocycles. The van der Waals surface area contributed by atoms with Crippen molar-refractivity contribution >= 4 is 23.5 Å². The predicted molar refractivity (Wildman–Crippen MR) is 114 cm³/mol. The topological polar surface area (TPSA) is 85.8 Å². The van der Waals surface area contributed by atoms with E-state index in [0.29, 0.717) is 35.2 Å². The van der Waals surface area contributed by atoms with Gasteiger partial charge in [0.2, 0.25) is 0 Å². The molecule has 6 nitrogen and oxygen atoms in total. The Morgan fingerprint density at radius 2 is 1.96 bits per heavy atom. The first-order valence-corrected chi connectivity index (χ1v) is 9.68. The number of nitrogens with one attached hydrogen (secondary N) is 3. The van der Waals surface area contributed by atoms with Crippen LogP contribution in [0.15, 0.2) is 53.5 Å². The Kier molecular flexibility index (Phi) is 8.78. The summed E-state index contributed by atoms with van der Waals surface area (Å²) in [6.07, 6.45) is -0.0316. The fourth-order valence-corrected chi connectivity index (χ4v) is 2.96. The van der Waals surface area contributed by atoms with Crippen LogP contribution in [-0.4, -0.2) is 43.7 Å². The molecule has 7 heteroatoms. The highest BCUT2D eigenvalue weighted by Gasteiger charge is 2.11. The summed E-state index contributed by atoms with van der Waals surface area (Å²) >= 11 is 6.12. The first-order valence-electron chi connectivity index (χ1n) is 9.30. The second-order valence-corrected chi connectivity index (χ2v) is 6.62. The van der Waals surface area contributed by atoms with E-state index in [9.17, 15) is 9.90 Å². The largest absolute Gasteiger partial charge is 0.386 e. The van der Waals surface area contributed by atoms with Gasteiger partial charge in [-0.25, -0.2) is 0 Å². The van der Waals surface area contributed by atoms with Crippen molar-refractivity contribution in [2.24, 2.45) is 4.99 Å². The number of amides is 1. The SMILES string of the molecule is CCNC(=NCC(O)c1ccccc1Cl)NCCc1cccc(C(=O)NC)c1. The van der Waals surface area contributed by atoms with Crippen molar-refractivity contribution in [2.75, 3.05) is 26.7 Å². The van der Waals surface area contributed by atoms with Crippen molar-refractivity contribution in [3.63, 3.8) is 0 Å². The monoisotopic (exact) mass is 402 g/mol. The minimum absolute atomic E-state index is 0.0988. The van der Waals surface area contributed by atoms with Crippen molar-refractivity contribution in [3.8, 4) is 0 Å². The quantitative estimate of drug-likeness (QED) is 0.403. The molecule has 0 radical (unpaired) electrons. The van der Waals surface area contributed by atoms with Crippen LogP contribution in [0.5, 0.6) is 0 Å². The molecule has 0 bridgehead atoms. The lowest BCUT2D eigenvalue weighted by Crippen LogP contribution is -2.38. The standard InChI is InChI=1S/C21H27ClN4O2/c1-3-24-21(26-14-19(27)17-9-4-5-10-18(17)22)25-12-11-15-7-6-8-16(13-15)20(28)23-2/h4-10,13,19,27H,3,11-12,14H2,1-2H3,(H,23,28)(H2,24,25,26). The number of carbonyl (C=O) groups excluding carboxylic acids is 1. The Morgan fingerprint density at radius 3 is 2.68 bits per heavy atom. The number of nitrogens with zero attached hydrogens (tertiary/aromatic N) is 1. The van der Waals surface area contributed by atoms with Crippen LogP contribution in [0.4, 0.5) is 0 Å². The third-order valence-electron chi connectivity index (χ3n) is 4.15. The number of aliphatic imine (C=N–C) groups is 1. The zero-order chi connectivity index (χ0) is 20.4. The summed E-state index contributed by atoms with van der Waals surface area (Å²) in [7, 11) is 1.62. The van der Waals surface area contributed by atoms with Crippen LogP contribution in [0.1, 0.15) is 34.5 Å². The molecule has 2 rings (SSSR count).